The number of rotatable bonds is 7. The third kappa shape index (κ3) is 5.00. The van der Waals surface area contributed by atoms with Gasteiger partial charge in [-0.3, -0.25) is 0 Å². The Morgan fingerprint density at radius 3 is 2.42 bits per heavy atom. The third-order valence-electron chi connectivity index (χ3n) is 4.14. The van der Waals surface area contributed by atoms with Crippen LogP contribution >= 0.6 is 0 Å². The lowest BCUT2D eigenvalue weighted by molar-refractivity contribution is 0.214. The molecule has 140 valence electrons. The van der Waals surface area contributed by atoms with Gasteiger partial charge in [-0.2, -0.15) is 0 Å². The van der Waals surface area contributed by atoms with Gasteiger partial charge in [-0.1, -0.05) is 6.92 Å². The lowest BCUT2D eigenvalue weighted by atomic mass is 10.1. The highest BCUT2D eigenvalue weighted by molar-refractivity contribution is 5.63. The van der Waals surface area contributed by atoms with E-state index in [1.807, 2.05) is 38.8 Å². The van der Waals surface area contributed by atoms with Crippen LogP contribution in [0.4, 0.5) is 14.5 Å². The van der Waals surface area contributed by atoms with Crippen molar-refractivity contribution in [3.63, 3.8) is 0 Å². The third-order valence-corrected chi connectivity index (χ3v) is 4.14. The van der Waals surface area contributed by atoms with Gasteiger partial charge in [0, 0.05) is 25.2 Å². The summed E-state index contributed by atoms with van der Waals surface area (Å²) < 4.78 is 32.8. The summed E-state index contributed by atoms with van der Waals surface area (Å²) in [5.74, 6) is -0.787. The topological polar surface area (TPSA) is 37.7 Å². The summed E-state index contributed by atoms with van der Waals surface area (Å²) in [6.07, 6.45) is 1.94. The minimum atomic E-state index is -0.625. The molecule has 1 aromatic heterocycles. The molecule has 0 aliphatic carbocycles. The number of halogens is 2. The summed E-state index contributed by atoms with van der Waals surface area (Å²) in [4.78, 5) is 11.0. The fourth-order valence-corrected chi connectivity index (χ4v) is 2.39. The van der Waals surface area contributed by atoms with E-state index in [1.165, 1.54) is 12.1 Å². The van der Waals surface area contributed by atoms with Gasteiger partial charge in [0.05, 0.1) is 17.7 Å². The van der Waals surface area contributed by atoms with Crippen LogP contribution in [0.25, 0.3) is 0 Å². The number of aromatic nitrogens is 1. The Morgan fingerprint density at radius 1 is 1.19 bits per heavy atom. The van der Waals surface area contributed by atoms with Gasteiger partial charge in [0.15, 0.2) is 0 Å². The van der Waals surface area contributed by atoms with Crippen molar-refractivity contribution < 1.29 is 13.5 Å². The molecule has 0 aliphatic rings. The van der Waals surface area contributed by atoms with Crippen LogP contribution in [0.3, 0.4) is 0 Å². The van der Waals surface area contributed by atoms with E-state index in [9.17, 15) is 8.78 Å². The average Bonchev–Trinajstić information content (AvgIpc) is 2.59. The Labute approximate surface area is 153 Å². The number of nitrogens with zero attached hydrogens (tertiary/aromatic N) is 3. The predicted octanol–water partition coefficient (Wildman–Crippen LogP) is 4.98. The number of pyridine rings is 1. The maximum Gasteiger partial charge on any atom is 0.217 e. The van der Waals surface area contributed by atoms with E-state index in [1.54, 1.807) is 13.3 Å². The number of aliphatic imine (C=N–C) groups is 1. The number of aryl methyl sites for hydroxylation is 2. The van der Waals surface area contributed by atoms with Gasteiger partial charge in [-0.05, 0) is 51.0 Å². The first-order chi connectivity index (χ1) is 12.3. The van der Waals surface area contributed by atoms with E-state index < -0.39 is 17.7 Å². The molecule has 1 aromatic carbocycles. The average molecular weight is 361 g/mol. The van der Waals surface area contributed by atoms with Crippen LogP contribution in [-0.4, -0.2) is 29.8 Å². The minimum absolute atomic E-state index is 0.427. The zero-order valence-corrected chi connectivity index (χ0v) is 15.9. The maximum absolute atomic E-state index is 13.4. The van der Waals surface area contributed by atoms with E-state index in [0.717, 1.165) is 29.6 Å². The number of ether oxygens (including phenoxy) is 1. The standard InChI is InChI=1S/C20H25F2N3O/c1-6-15-10-19(23-12-25(5)7-2)13(3)24-20(15)26-14(4)16-8-17(21)11-18(22)9-16/h8-12,14H,6-7H2,1-5H3. The Hall–Kier alpha value is -2.50. The zero-order chi connectivity index (χ0) is 19.3. The Balaban J connectivity index is 2.28. The van der Waals surface area contributed by atoms with Crippen molar-refractivity contribution in [3.8, 4) is 5.88 Å². The molecule has 2 aromatic rings. The van der Waals surface area contributed by atoms with Crippen molar-refractivity contribution in [1.82, 2.24) is 9.88 Å². The number of benzene rings is 1. The highest BCUT2D eigenvalue weighted by Gasteiger charge is 2.15. The van der Waals surface area contributed by atoms with Crippen LogP contribution in [0.2, 0.25) is 0 Å². The summed E-state index contributed by atoms with van der Waals surface area (Å²) in [5.41, 5.74) is 2.83. The smallest absolute Gasteiger partial charge is 0.217 e. The van der Waals surface area contributed by atoms with Crippen LogP contribution in [0.15, 0.2) is 29.3 Å². The maximum atomic E-state index is 13.4. The molecule has 1 atom stereocenters. The molecule has 0 bridgehead atoms. The van der Waals surface area contributed by atoms with Gasteiger partial charge in [-0.25, -0.2) is 18.8 Å². The lowest BCUT2D eigenvalue weighted by Gasteiger charge is -2.18. The summed E-state index contributed by atoms with van der Waals surface area (Å²) in [5, 5.41) is 0. The van der Waals surface area contributed by atoms with E-state index in [-0.39, 0.29) is 0 Å². The van der Waals surface area contributed by atoms with E-state index in [0.29, 0.717) is 17.9 Å². The minimum Gasteiger partial charge on any atom is -0.470 e. The number of hydrogen-bond donors (Lipinski definition) is 0. The van der Waals surface area contributed by atoms with Crippen molar-refractivity contribution in [2.24, 2.45) is 4.99 Å². The fraction of sp³-hybridized carbons (Fsp3) is 0.400. The van der Waals surface area contributed by atoms with Crippen molar-refractivity contribution in [3.05, 3.63) is 52.7 Å². The first kappa shape index (κ1) is 19.8. The monoisotopic (exact) mass is 361 g/mol. The highest BCUT2D eigenvalue weighted by atomic mass is 19.1. The van der Waals surface area contributed by atoms with E-state index in [4.69, 9.17) is 4.74 Å². The lowest BCUT2D eigenvalue weighted by Crippen LogP contribution is -2.14. The van der Waals surface area contributed by atoms with E-state index >= 15 is 0 Å². The second-order valence-corrected chi connectivity index (χ2v) is 6.19. The van der Waals surface area contributed by atoms with Gasteiger partial charge >= 0.3 is 0 Å². The van der Waals surface area contributed by atoms with Gasteiger partial charge in [0.1, 0.15) is 17.7 Å². The Morgan fingerprint density at radius 2 is 1.85 bits per heavy atom. The second kappa shape index (κ2) is 8.74. The van der Waals surface area contributed by atoms with E-state index in [2.05, 4.69) is 9.98 Å². The molecule has 0 radical (unpaired) electrons. The molecule has 0 spiro atoms. The molecule has 0 saturated carbocycles. The summed E-state index contributed by atoms with van der Waals surface area (Å²) in [6.45, 7) is 8.50. The van der Waals surface area contributed by atoms with Gasteiger partial charge in [-0.15, -0.1) is 0 Å². The van der Waals surface area contributed by atoms with Crippen LogP contribution in [-0.2, 0) is 6.42 Å². The van der Waals surface area contributed by atoms with Crippen molar-refractivity contribution in [1.29, 1.82) is 0 Å². The molecule has 4 nitrogen and oxygen atoms in total. The zero-order valence-electron chi connectivity index (χ0n) is 15.9. The Bertz CT molecular complexity index is 773. The van der Waals surface area contributed by atoms with Crippen molar-refractivity contribution in [2.75, 3.05) is 13.6 Å². The molecule has 0 aliphatic heterocycles. The molecule has 1 heterocycles. The predicted molar refractivity (Wildman–Crippen MR) is 100 cm³/mol. The van der Waals surface area contributed by atoms with Crippen LogP contribution in [0.1, 0.15) is 43.7 Å². The highest BCUT2D eigenvalue weighted by Crippen LogP contribution is 2.29. The van der Waals surface area contributed by atoms with Crippen LogP contribution in [0.5, 0.6) is 5.88 Å². The molecular formula is C20H25F2N3O. The molecule has 0 saturated heterocycles. The quantitative estimate of drug-likeness (QED) is 0.515. The fourth-order valence-electron chi connectivity index (χ4n) is 2.39. The molecule has 2 rings (SSSR count). The second-order valence-electron chi connectivity index (χ2n) is 6.19. The first-order valence-electron chi connectivity index (χ1n) is 8.71. The molecule has 0 amide bonds. The Kier molecular flexibility index (Phi) is 6.66. The number of hydrogen-bond acceptors (Lipinski definition) is 3. The van der Waals surface area contributed by atoms with Gasteiger partial charge in [0.2, 0.25) is 5.88 Å². The summed E-state index contributed by atoms with van der Waals surface area (Å²) in [6, 6.07) is 5.32. The largest absolute Gasteiger partial charge is 0.470 e. The summed E-state index contributed by atoms with van der Waals surface area (Å²) in [7, 11) is 1.95. The molecule has 0 N–H and O–H groups in total. The SMILES string of the molecule is CCc1cc(N=CN(C)CC)c(C)nc1OC(C)c1cc(F)cc(F)c1. The van der Waals surface area contributed by atoms with Crippen molar-refractivity contribution in [2.45, 2.75) is 40.2 Å². The normalized spacial score (nSPS) is 12.4. The molecule has 26 heavy (non-hydrogen) atoms. The molecule has 6 heteroatoms. The molecule has 1 unspecified atom stereocenters. The first-order valence-corrected chi connectivity index (χ1v) is 8.71. The molecular weight excluding hydrogens is 336 g/mol. The van der Waals surface area contributed by atoms with Crippen molar-refractivity contribution >= 4 is 12.0 Å². The summed E-state index contributed by atoms with van der Waals surface area (Å²) >= 11 is 0. The van der Waals surface area contributed by atoms with Gasteiger partial charge < -0.3 is 9.64 Å². The van der Waals surface area contributed by atoms with Gasteiger partial charge in [0.25, 0.3) is 0 Å². The molecule has 0 fully saturated rings. The van der Waals surface area contributed by atoms with Crippen LogP contribution < -0.4 is 4.74 Å². The van der Waals surface area contributed by atoms with Crippen LogP contribution in [0, 0.1) is 18.6 Å².